The molecule has 0 aromatic rings. The second kappa shape index (κ2) is 7.75. The lowest BCUT2D eigenvalue weighted by Crippen LogP contribution is -2.31. The Morgan fingerprint density at radius 3 is 2.83 bits per heavy atom. The van der Waals surface area contributed by atoms with Crippen molar-refractivity contribution < 1.29 is 9.53 Å². The first-order valence-electron chi connectivity index (χ1n) is 3.78. The number of ether oxygens (including phenoxy) is 1. The van der Waals surface area contributed by atoms with Crippen LogP contribution in [0.4, 0.5) is 0 Å². The number of hydrogen-bond acceptors (Lipinski definition) is 3. The molecule has 0 rings (SSSR count). The van der Waals surface area contributed by atoms with Crippen molar-refractivity contribution in [2.75, 3.05) is 33.9 Å². The van der Waals surface area contributed by atoms with Crippen LogP contribution < -0.4 is 3.53 Å². The van der Waals surface area contributed by atoms with Crippen molar-refractivity contribution in [3.8, 4) is 0 Å². The average Bonchev–Trinajstić information content (AvgIpc) is 2.10. The van der Waals surface area contributed by atoms with Crippen LogP contribution in [0.5, 0.6) is 0 Å². The van der Waals surface area contributed by atoms with Crippen molar-refractivity contribution in [1.82, 2.24) is 8.43 Å². The first-order chi connectivity index (χ1) is 5.72. The lowest BCUT2D eigenvalue weighted by atomic mass is 10.4. The van der Waals surface area contributed by atoms with E-state index in [9.17, 15) is 4.79 Å². The van der Waals surface area contributed by atoms with Gasteiger partial charge in [0.05, 0.1) is 6.61 Å². The minimum absolute atomic E-state index is 0.149. The molecular weight excluding hydrogens is 271 g/mol. The SMILES string of the molecule is COCCN(C)C(=O)CCNI. The van der Waals surface area contributed by atoms with Gasteiger partial charge in [-0.2, -0.15) is 0 Å². The molecule has 0 aromatic heterocycles. The van der Waals surface area contributed by atoms with Gasteiger partial charge in [-0.25, -0.2) is 0 Å². The van der Waals surface area contributed by atoms with E-state index in [1.807, 2.05) is 22.9 Å². The van der Waals surface area contributed by atoms with E-state index in [1.54, 1.807) is 19.1 Å². The third-order valence-electron chi connectivity index (χ3n) is 1.49. The summed E-state index contributed by atoms with van der Waals surface area (Å²) >= 11 is 2.03. The molecule has 0 unspecified atom stereocenters. The summed E-state index contributed by atoms with van der Waals surface area (Å²) in [7, 11) is 3.42. The normalized spacial score (nSPS) is 9.92. The van der Waals surface area contributed by atoms with Crippen LogP contribution in [0.15, 0.2) is 0 Å². The Bertz CT molecular complexity index is 133. The van der Waals surface area contributed by atoms with Crippen LogP contribution >= 0.6 is 22.9 Å². The maximum Gasteiger partial charge on any atom is 0.223 e. The molecule has 4 nitrogen and oxygen atoms in total. The number of nitrogens with zero attached hydrogens (tertiary/aromatic N) is 1. The minimum Gasteiger partial charge on any atom is -0.383 e. The van der Waals surface area contributed by atoms with E-state index in [4.69, 9.17) is 4.74 Å². The molecule has 1 amide bonds. The first kappa shape index (κ1) is 12.1. The molecule has 0 saturated carbocycles. The highest BCUT2D eigenvalue weighted by molar-refractivity contribution is 14.1. The number of hydrogen-bond donors (Lipinski definition) is 1. The smallest absolute Gasteiger partial charge is 0.223 e. The topological polar surface area (TPSA) is 41.6 Å². The van der Waals surface area contributed by atoms with E-state index in [0.717, 1.165) is 6.54 Å². The van der Waals surface area contributed by atoms with E-state index >= 15 is 0 Å². The number of nitrogens with one attached hydrogen (secondary N) is 1. The fraction of sp³-hybridized carbons (Fsp3) is 0.857. The fourth-order valence-electron chi connectivity index (χ4n) is 0.698. The highest BCUT2D eigenvalue weighted by Crippen LogP contribution is 1.90. The summed E-state index contributed by atoms with van der Waals surface area (Å²) in [5.74, 6) is 0.149. The Kier molecular flexibility index (Phi) is 7.83. The number of rotatable bonds is 6. The minimum atomic E-state index is 0.149. The second-order valence-electron chi connectivity index (χ2n) is 2.44. The lowest BCUT2D eigenvalue weighted by Gasteiger charge is -2.15. The number of likely N-dealkylation sites (N-methyl/N-ethyl adjacent to an activating group) is 1. The van der Waals surface area contributed by atoms with Gasteiger partial charge in [0.15, 0.2) is 0 Å². The summed E-state index contributed by atoms with van der Waals surface area (Å²) in [6.07, 6.45) is 0.545. The Hall–Kier alpha value is 0.120. The van der Waals surface area contributed by atoms with Gasteiger partial charge in [-0.3, -0.25) is 8.32 Å². The highest BCUT2D eigenvalue weighted by Gasteiger charge is 2.06. The van der Waals surface area contributed by atoms with Crippen LogP contribution in [0.1, 0.15) is 6.42 Å². The predicted molar refractivity (Wildman–Crippen MR) is 56.2 cm³/mol. The van der Waals surface area contributed by atoms with Crippen LogP contribution in [-0.2, 0) is 9.53 Å². The zero-order valence-corrected chi connectivity index (χ0v) is 9.63. The van der Waals surface area contributed by atoms with Gasteiger partial charge in [-0.1, -0.05) is 0 Å². The summed E-state index contributed by atoms with van der Waals surface area (Å²) in [5, 5.41) is 0. The van der Waals surface area contributed by atoms with Crippen molar-refractivity contribution in [2.24, 2.45) is 0 Å². The van der Waals surface area contributed by atoms with Gasteiger partial charge in [0.25, 0.3) is 0 Å². The molecule has 5 heteroatoms. The maximum atomic E-state index is 11.2. The largest absolute Gasteiger partial charge is 0.383 e. The van der Waals surface area contributed by atoms with Crippen molar-refractivity contribution in [2.45, 2.75) is 6.42 Å². The van der Waals surface area contributed by atoms with Crippen LogP contribution in [0.25, 0.3) is 0 Å². The van der Waals surface area contributed by atoms with E-state index in [1.165, 1.54) is 0 Å². The second-order valence-corrected chi connectivity index (χ2v) is 3.20. The summed E-state index contributed by atoms with van der Waals surface area (Å²) in [5.41, 5.74) is 0. The van der Waals surface area contributed by atoms with Crippen molar-refractivity contribution in [1.29, 1.82) is 0 Å². The molecule has 12 heavy (non-hydrogen) atoms. The zero-order chi connectivity index (χ0) is 9.40. The molecule has 0 aliphatic carbocycles. The molecule has 0 fully saturated rings. The number of carbonyl (C=O) groups excluding carboxylic acids is 1. The van der Waals surface area contributed by atoms with Crippen LogP contribution in [0.3, 0.4) is 0 Å². The number of amides is 1. The van der Waals surface area contributed by atoms with Gasteiger partial charge in [-0.15, -0.1) is 0 Å². The Morgan fingerprint density at radius 2 is 2.33 bits per heavy atom. The molecular formula is C7H15IN2O2. The number of halogens is 1. The molecule has 72 valence electrons. The third-order valence-corrected chi connectivity index (χ3v) is 2.03. The summed E-state index contributed by atoms with van der Waals surface area (Å²) in [6.45, 7) is 1.98. The average molecular weight is 286 g/mol. The van der Waals surface area contributed by atoms with Crippen LogP contribution in [0.2, 0.25) is 0 Å². The maximum absolute atomic E-state index is 11.2. The Balaban J connectivity index is 3.47. The molecule has 0 bridgehead atoms. The van der Waals surface area contributed by atoms with Crippen molar-refractivity contribution in [3.05, 3.63) is 0 Å². The van der Waals surface area contributed by atoms with E-state index in [2.05, 4.69) is 3.53 Å². The van der Waals surface area contributed by atoms with Crippen molar-refractivity contribution >= 4 is 28.8 Å². The molecule has 0 aromatic carbocycles. The molecule has 0 saturated heterocycles. The summed E-state index contributed by atoms with van der Waals surface area (Å²) in [6, 6.07) is 0. The summed E-state index contributed by atoms with van der Waals surface area (Å²) < 4.78 is 7.76. The standard InChI is InChI=1S/C7H15IN2O2/c1-10(5-6-12-2)7(11)3-4-9-8/h9H,3-6H2,1-2H3. The number of methoxy groups -OCH3 is 1. The molecule has 0 heterocycles. The highest BCUT2D eigenvalue weighted by atomic mass is 127. The predicted octanol–water partition coefficient (Wildman–Crippen LogP) is 0.421. The molecule has 0 aliphatic heterocycles. The van der Waals surface area contributed by atoms with E-state index in [0.29, 0.717) is 19.6 Å². The van der Waals surface area contributed by atoms with E-state index < -0.39 is 0 Å². The molecule has 0 spiro atoms. The number of carbonyl (C=O) groups is 1. The summed E-state index contributed by atoms with van der Waals surface area (Å²) in [4.78, 5) is 12.9. The molecule has 0 aliphatic rings. The molecule has 0 radical (unpaired) electrons. The van der Waals surface area contributed by atoms with Crippen molar-refractivity contribution in [3.63, 3.8) is 0 Å². The van der Waals surface area contributed by atoms with Gasteiger partial charge in [-0.05, 0) is 0 Å². The first-order valence-corrected chi connectivity index (χ1v) is 4.86. The van der Waals surface area contributed by atoms with E-state index in [-0.39, 0.29) is 5.91 Å². The van der Waals surface area contributed by atoms with Gasteiger partial charge >= 0.3 is 0 Å². The van der Waals surface area contributed by atoms with Gasteiger partial charge < -0.3 is 9.64 Å². The zero-order valence-electron chi connectivity index (χ0n) is 7.47. The lowest BCUT2D eigenvalue weighted by molar-refractivity contribution is -0.130. The van der Waals surface area contributed by atoms with Crippen LogP contribution in [0, 0.1) is 0 Å². The fourth-order valence-corrected chi connectivity index (χ4v) is 0.968. The molecule has 1 N–H and O–H groups in total. The molecule has 0 atom stereocenters. The Morgan fingerprint density at radius 1 is 1.67 bits per heavy atom. The van der Waals surface area contributed by atoms with Crippen LogP contribution in [-0.4, -0.2) is 44.7 Å². The quantitative estimate of drug-likeness (QED) is 0.568. The third kappa shape index (κ3) is 5.73. The van der Waals surface area contributed by atoms with Gasteiger partial charge in [0.1, 0.15) is 0 Å². The Labute approximate surface area is 87.1 Å². The monoisotopic (exact) mass is 286 g/mol. The van der Waals surface area contributed by atoms with Gasteiger partial charge in [0.2, 0.25) is 5.91 Å². The van der Waals surface area contributed by atoms with Gasteiger partial charge in [0, 0.05) is 56.5 Å².